The summed E-state index contributed by atoms with van der Waals surface area (Å²) in [5, 5.41) is 1.05. The summed E-state index contributed by atoms with van der Waals surface area (Å²) >= 11 is 12.0. The summed E-state index contributed by atoms with van der Waals surface area (Å²) in [6.45, 7) is 2.34. The molecule has 2 rings (SSSR count). The maximum absolute atomic E-state index is 6.03. The predicted molar refractivity (Wildman–Crippen MR) is 69.8 cm³/mol. The molecule has 0 unspecified atom stereocenters. The van der Waals surface area contributed by atoms with Gasteiger partial charge in [0.1, 0.15) is 17.5 Å². The van der Waals surface area contributed by atoms with Gasteiger partial charge < -0.3 is 4.74 Å². The van der Waals surface area contributed by atoms with Crippen LogP contribution in [-0.2, 0) is 6.61 Å². The number of benzene rings is 1. The lowest BCUT2D eigenvalue weighted by Crippen LogP contribution is -1.98. The minimum atomic E-state index is 0.357. The van der Waals surface area contributed by atoms with Crippen molar-refractivity contribution in [3.05, 3.63) is 57.8 Å². The van der Waals surface area contributed by atoms with E-state index >= 15 is 0 Å². The molecule has 17 heavy (non-hydrogen) atoms. The number of aryl methyl sites for hydroxylation is 1. The second kappa shape index (κ2) is 5.39. The van der Waals surface area contributed by atoms with Crippen LogP contribution in [0, 0.1) is 6.92 Å². The lowest BCUT2D eigenvalue weighted by atomic mass is 10.2. The second-order valence-corrected chi connectivity index (χ2v) is 4.44. The van der Waals surface area contributed by atoms with Gasteiger partial charge in [-0.2, -0.15) is 0 Å². The molecule has 0 amide bonds. The molecule has 0 aliphatic heterocycles. The number of ether oxygens (including phenoxy) is 1. The SMILES string of the molecule is Cc1ccc(Cl)c(OCc2cccnc2Cl)c1. The summed E-state index contributed by atoms with van der Waals surface area (Å²) in [6.07, 6.45) is 1.64. The summed E-state index contributed by atoms with van der Waals surface area (Å²) in [7, 11) is 0. The number of pyridine rings is 1. The molecule has 2 aromatic rings. The van der Waals surface area contributed by atoms with Gasteiger partial charge in [-0.1, -0.05) is 35.3 Å². The molecule has 0 radical (unpaired) electrons. The fourth-order valence-corrected chi connectivity index (χ4v) is 1.75. The van der Waals surface area contributed by atoms with Crippen molar-refractivity contribution in [3.8, 4) is 5.75 Å². The smallest absolute Gasteiger partial charge is 0.138 e. The third kappa shape index (κ3) is 3.11. The molecule has 0 fully saturated rings. The maximum Gasteiger partial charge on any atom is 0.138 e. The number of hydrogen-bond acceptors (Lipinski definition) is 2. The Bertz CT molecular complexity index is 529. The van der Waals surface area contributed by atoms with Gasteiger partial charge in [0.05, 0.1) is 5.02 Å². The van der Waals surface area contributed by atoms with Crippen LogP contribution in [0.2, 0.25) is 10.2 Å². The number of hydrogen-bond donors (Lipinski definition) is 0. The van der Waals surface area contributed by atoms with E-state index in [9.17, 15) is 0 Å². The Hall–Kier alpha value is -1.25. The van der Waals surface area contributed by atoms with Gasteiger partial charge >= 0.3 is 0 Å². The van der Waals surface area contributed by atoms with Crippen molar-refractivity contribution in [2.24, 2.45) is 0 Å². The zero-order valence-electron chi connectivity index (χ0n) is 9.28. The van der Waals surface area contributed by atoms with Gasteiger partial charge in [-0.15, -0.1) is 0 Å². The Kier molecular flexibility index (Phi) is 3.87. The van der Waals surface area contributed by atoms with Gasteiger partial charge in [0.15, 0.2) is 0 Å². The fourth-order valence-electron chi connectivity index (χ4n) is 1.40. The lowest BCUT2D eigenvalue weighted by Gasteiger charge is -2.09. The predicted octanol–water partition coefficient (Wildman–Crippen LogP) is 4.28. The first-order valence-electron chi connectivity index (χ1n) is 5.15. The zero-order valence-corrected chi connectivity index (χ0v) is 10.8. The topological polar surface area (TPSA) is 22.1 Å². The van der Waals surface area contributed by atoms with Crippen LogP contribution in [0.25, 0.3) is 0 Å². The molecular formula is C13H11Cl2NO. The van der Waals surface area contributed by atoms with Crippen LogP contribution in [0.4, 0.5) is 0 Å². The summed E-state index contributed by atoms with van der Waals surface area (Å²) < 4.78 is 5.63. The van der Waals surface area contributed by atoms with Crippen LogP contribution in [0.3, 0.4) is 0 Å². The zero-order chi connectivity index (χ0) is 12.3. The van der Waals surface area contributed by atoms with Crippen molar-refractivity contribution in [2.45, 2.75) is 13.5 Å². The van der Waals surface area contributed by atoms with Crippen molar-refractivity contribution >= 4 is 23.2 Å². The Morgan fingerprint density at radius 3 is 2.82 bits per heavy atom. The van der Waals surface area contributed by atoms with E-state index < -0.39 is 0 Å². The maximum atomic E-state index is 6.03. The highest BCUT2D eigenvalue weighted by Gasteiger charge is 2.04. The molecule has 1 aromatic heterocycles. The molecule has 88 valence electrons. The van der Waals surface area contributed by atoms with Crippen LogP contribution in [0.15, 0.2) is 36.5 Å². The lowest BCUT2D eigenvalue weighted by molar-refractivity contribution is 0.306. The third-order valence-corrected chi connectivity index (χ3v) is 2.96. The molecule has 0 saturated heterocycles. The first-order chi connectivity index (χ1) is 8.16. The van der Waals surface area contributed by atoms with E-state index in [1.54, 1.807) is 6.20 Å². The molecule has 0 spiro atoms. The normalized spacial score (nSPS) is 10.3. The van der Waals surface area contributed by atoms with E-state index in [1.807, 2.05) is 37.3 Å². The number of aromatic nitrogens is 1. The Morgan fingerprint density at radius 1 is 1.24 bits per heavy atom. The van der Waals surface area contributed by atoms with Crippen LogP contribution in [-0.4, -0.2) is 4.98 Å². The molecule has 0 aliphatic carbocycles. The number of nitrogens with zero attached hydrogens (tertiary/aromatic N) is 1. The Labute approximate surface area is 110 Å². The largest absolute Gasteiger partial charge is 0.487 e. The fraction of sp³-hybridized carbons (Fsp3) is 0.154. The molecular weight excluding hydrogens is 257 g/mol. The second-order valence-electron chi connectivity index (χ2n) is 3.68. The van der Waals surface area contributed by atoms with Crippen molar-refractivity contribution in [3.63, 3.8) is 0 Å². The summed E-state index contributed by atoms with van der Waals surface area (Å²) in [5.41, 5.74) is 1.94. The summed E-state index contributed by atoms with van der Waals surface area (Å²) in [5.74, 6) is 0.659. The molecule has 0 bridgehead atoms. The number of rotatable bonds is 3. The quantitative estimate of drug-likeness (QED) is 0.775. The average molecular weight is 268 g/mol. The molecule has 0 saturated carbocycles. The van der Waals surface area contributed by atoms with Gasteiger partial charge in [-0.25, -0.2) is 4.98 Å². The summed E-state index contributed by atoms with van der Waals surface area (Å²) in [6, 6.07) is 9.34. The van der Waals surface area contributed by atoms with Gasteiger partial charge in [-0.3, -0.25) is 0 Å². The van der Waals surface area contributed by atoms with Crippen molar-refractivity contribution < 1.29 is 4.74 Å². The van der Waals surface area contributed by atoms with Gasteiger partial charge in [-0.05, 0) is 30.7 Å². The first-order valence-corrected chi connectivity index (χ1v) is 5.91. The van der Waals surface area contributed by atoms with Gasteiger partial charge in [0.2, 0.25) is 0 Å². The van der Waals surface area contributed by atoms with Crippen molar-refractivity contribution in [1.29, 1.82) is 0 Å². The van der Waals surface area contributed by atoms with Crippen LogP contribution in [0.5, 0.6) is 5.75 Å². The van der Waals surface area contributed by atoms with Gasteiger partial charge in [0.25, 0.3) is 0 Å². The van der Waals surface area contributed by atoms with Crippen LogP contribution >= 0.6 is 23.2 Å². The summed E-state index contributed by atoms with van der Waals surface area (Å²) in [4.78, 5) is 3.98. The minimum Gasteiger partial charge on any atom is -0.487 e. The highest BCUT2D eigenvalue weighted by Crippen LogP contribution is 2.26. The molecule has 0 N–H and O–H groups in total. The highest BCUT2D eigenvalue weighted by atomic mass is 35.5. The molecule has 1 aromatic carbocycles. The molecule has 0 aliphatic rings. The van der Waals surface area contributed by atoms with E-state index in [4.69, 9.17) is 27.9 Å². The van der Waals surface area contributed by atoms with E-state index in [0.29, 0.717) is 22.5 Å². The third-order valence-electron chi connectivity index (χ3n) is 2.31. The van der Waals surface area contributed by atoms with Crippen LogP contribution < -0.4 is 4.74 Å². The standard InChI is InChI=1S/C13H11Cl2NO/c1-9-4-5-11(14)12(7-9)17-8-10-3-2-6-16-13(10)15/h2-7H,8H2,1H3. The Morgan fingerprint density at radius 2 is 2.06 bits per heavy atom. The monoisotopic (exact) mass is 267 g/mol. The minimum absolute atomic E-state index is 0.357. The Balaban J connectivity index is 2.12. The van der Waals surface area contributed by atoms with E-state index in [-0.39, 0.29) is 0 Å². The van der Waals surface area contributed by atoms with Crippen LogP contribution in [0.1, 0.15) is 11.1 Å². The highest BCUT2D eigenvalue weighted by molar-refractivity contribution is 6.32. The molecule has 2 nitrogen and oxygen atoms in total. The van der Waals surface area contributed by atoms with Crippen molar-refractivity contribution in [2.75, 3.05) is 0 Å². The molecule has 4 heteroatoms. The van der Waals surface area contributed by atoms with E-state index in [1.165, 1.54) is 0 Å². The molecule has 1 heterocycles. The molecule has 0 atom stereocenters. The average Bonchev–Trinajstić information content (AvgIpc) is 2.32. The van der Waals surface area contributed by atoms with E-state index in [2.05, 4.69) is 4.98 Å². The van der Waals surface area contributed by atoms with Crippen molar-refractivity contribution in [1.82, 2.24) is 4.98 Å². The first kappa shape index (κ1) is 12.2. The van der Waals surface area contributed by atoms with Gasteiger partial charge in [0, 0.05) is 11.8 Å². The number of halogens is 2. The van der Waals surface area contributed by atoms with E-state index in [0.717, 1.165) is 11.1 Å².